The van der Waals surface area contributed by atoms with E-state index in [-0.39, 0.29) is 16.1 Å². The van der Waals surface area contributed by atoms with E-state index < -0.39 is 26.5 Å². The maximum atomic E-state index is 13.0. The standard InChI is InChI=1S/C20H15NO6S/c22-20(23)11-9-14-8-10-18(21(24)25)16(12-14)13-28(26,27)19-7-3-5-15-4-1-2-6-17(15)19/h1-12H,13H2,(H,22,23). The van der Waals surface area contributed by atoms with E-state index in [4.69, 9.17) is 5.11 Å². The van der Waals surface area contributed by atoms with Crippen LogP contribution in [0.4, 0.5) is 5.69 Å². The summed E-state index contributed by atoms with van der Waals surface area (Å²) < 4.78 is 26.1. The van der Waals surface area contributed by atoms with Crippen molar-refractivity contribution in [1.82, 2.24) is 0 Å². The Morgan fingerprint density at radius 2 is 1.79 bits per heavy atom. The molecule has 0 unspecified atom stereocenters. The van der Waals surface area contributed by atoms with Crippen LogP contribution in [0, 0.1) is 10.1 Å². The third-order valence-corrected chi connectivity index (χ3v) is 5.87. The van der Waals surface area contributed by atoms with Crippen LogP contribution in [0.2, 0.25) is 0 Å². The lowest BCUT2D eigenvalue weighted by molar-refractivity contribution is -0.385. The van der Waals surface area contributed by atoms with Gasteiger partial charge in [0, 0.05) is 23.1 Å². The Morgan fingerprint density at radius 1 is 1.07 bits per heavy atom. The number of fused-ring (bicyclic) bond motifs is 1. The summed E-state index contributed by atoms with van der Waals surface area (Å²) in [5, 5.41) is 21.3. The van der Waals surface area contributed by atoms with Crippen molar-refractivity contribution in [2.45, 2.75) is 10.6 Å². The van der Waals surface area contributed by atoms with E-state index in [1.807, 2.05) is 0 Å². The molecular weight excluding hydrogens is 382 g/mol. The molecule has 0 aliphatic heterocycles. The van der Waals surface area contributed by atoms with Crippen LogP contribution < -0.4 is 0 Å². The van der Waals surface area contributed by atoms with E-state index in [1.54, 1.807) is 36.4 Å². The Morgan fingerprint density at radius 3 is 2.50 bits per heavy atom. The first-order chi connectivity index (χ1) is 13.3. The van der Waals surface area contributed by atoms with Crippen molar-refractivity contribution in [3.63, 3.8) is 0 Å². The lowest BCUT2D eigenvalue weighted by Gasteiger charge is -2.09. The highest BCUT2D eigenvalue weighted by molar-refractivity contribution is 7.90. The molecule has 3 rings (SSSR count). The SMILES string of the molecule is O=C(O)C=Cc1ccc([N+](=O)[O-])c(CS(=O)(=O)c2cccc3ccccc23)c1. The number of nitrogens with zero attached hydrogens (tertiary/aromatic N) is 1. The van der Waals surface area contributed by atoms with Crippen molar-refractivity contribution in [1.29, 1.82) is 0 Å². The molecule has 0 atom stereocenters. The van der Waals surface area contributed by atoms with Crippen LogP contribution in [0.25, 0.3) is 16.8 Å². The van der Waals surface area contributed by atoms with Gasteiger partial charge in [0.05, 0.1) is 15.6 Å². The summed E-state index contributed by atoms with van der Waals surface area (Å²) in [6.07, 6.45) is 2.13. The van der Waals surface area contributed by atoms with Crippen molar-refractivity contribution in [3.05, 3.63) is 88.0 Å². The Balaban J connectivity index is 2.09. The number of hydrogen-bond acceptors (Lipinski definition) is 5. The molecule has 142 valence electrons. The van der Waals surface area contributed by atoms with E-state index in [0.29, 0.717) is 10.9 Å². The summed E-state index contributed by atoms with van der Waals surface area (Å²) in [4.78, 5) is 21.4. The van der Waals surface area contributed by atoms with Gasteiger partial charge in [-0.2, -0.15) is 0 Å². The number of hydrogen-bond donors (Lipinski definition) is 1. The van der Waals surface area contributed by atoms with Gasteiger partial charge in [0.25, 0.3) is 5.69 Å². The number of nitro benzene ring substituents is 1. The fourth-order valence-corrected chi connectivity index (χ4v) is 4.52. The smallest absolute Gasteiger partial charge is 0.328 e. The Hall–Kier alpha value is -3.52. The van der Waals surface area contributed by atoms with Crippen LogP contribution >= 0.6 is 0 Å². The van der Waals surface area contributed by atoms with Crippen molar-refractivity contribution < 1.29 is 23.2 Å². The van der Waals surface area contributed by atoms with Crippen molar-refractivity contribution >= 4 is 38.3 Å². The zero-order chi connectivity index (χ0) is 20.3. The number of nitro groups is 1. The predicted octanol–water partition coefficient (Wildman–Crippen LogP) is 3.82. The van der Waals surface area contributed by atoms with Crippen LogP contribution in [-0.4, -0.2) is 24.4 Å². The molecule has 0 aromatic heterocycles. The predicted molar refractivity (Wildman–Crippen MR) is 105 cm³/mol. The van der Waals surface area contributed by atoms with Crippen molar-refractivity contribution in [2.24, 2.45) is 0 Å². The number of carbonyl (C=O) groups is 1. The Labute approximate surface area is 160 Å². The quantitative estimate of drug-likeness (QED) is 0.384. The highest BCUT2D eigenvalue weighted by atomic mass is 32.2. The summed E-state index contributed by atoms with van der Waals surface area (Å²) in [6, 6.07) is 15.7. The lowest BCUT2D eigenvalue weighted by Crippen LogP contribution is -2.08. The van der Waals surface area contributed by atoms with Crippen LogP contribution in [0.15, 0.2) is 71.6 Å². The maximum absolute atomic E-state index is 13.0. The molecule has 0 spiro atoms. The number of benzene rings is 3. The third-order valence-electron chi connectivity index (χ3n) is 4.15. The molecule has 0 amide bonds. The molecule has 0 bridgehead atoms. The first-order valence-corrected chi connectivity index (χ1v) is 9.82. The molecule has 0 heterocycles. The van der Waals surface area contributed by atoms with E-state index in [1.165, 1.54) is 30.3 Å². The summed E-state index contributed by atoms with van der Waals surface area (Å²) in [5.41, 5.74) is 0.0119. The van der Waals surface area contributed by atoms with Crippen molar-refractivity contribution in [3.8, 4) is 0 Å². The monoisotopic (exact) mass is 397 g/mol. The Kier molecular flexibility index (Phi) is 5.23. The van der Waals surface area contributed by atoms with E-state index >= 15 is 0 Å². The second kappa shape index (κ2) is 7.61. The summed E-state index contributed by atoms with van der Waals surface area (Å²) in [5.74, 6) is -1.75. The molecular formula is C20H15NO6S. The zero-order valence-electron chi connectivity index (χ0n) is 14.5. The minimum Gasteiger partial charge on any atom is -0.478 e. The third kappa shape index (κ3) is 4.07. The van der Waals surface area contributed by atoms with Gasteiger partial charge in [0.15, 0.2) is 9.84 Å². The van der Waals surface area contributed by atoms with Gasteiger partial charge in [0.1, 0.15) is 0 Å². The first kappa shape index (κ1) is 19.2. The largest absolute Gasteiger partial charge is 0.478 e. The molecule has 0 aliphatic rings. The highest BCUT2D eigenvalue weighted by Gasteiger charge is 2.23. The normalized spacial score (nSPS) is 11.7. The topological polar surface area (TPSA) is 115 Å². The van der Waals surface area contributed by atoms with Gasteiger partial charge in [-0.15, -0.1) is 0 Å². The first-order valence-electron chi connectivity index (χ1n) is 8.17. The average molecular weight is 397 g/mol. The summed E-state index contributed by atoms with van der Waals surface area (Å²) in [6.45, 7) is 0. The second-order valence-electron chi connectivity index (χ2n) is 6.05. The summed E-state index contributed by atoms with van der Waals surface area (Å²) >= 11 is 0. The molecule has 0 radical (unpaired) electrons. The molecule has 0 aliphatic carbocycles. The number of rotatable bonds is 6. The van der Waals surface area contributed by atoms with E-state index in [9.17, 15) is 23.3 Å². The maximum Gasteiger partial charge on any atom is 0.328 e. The minimum absolute atomic E-state index is 0.00882. The Bertz CT molecular complexity index is 1210. The van der Waals surface area contributed by atoms with Gasteiger partial charge in [-0.3, -0.25) is 10.1 Å². The van der Waals surface area contributed by atoms with Gasteiger partial charge in [0.2, 0.25) is 0 Å². The fourth-order valence-electron chi connectivity index (χ4n) is 2.92. The molecule has 3 aromatic carbocycles. The molecule has 7 nitrogen and oxygen atoms in total. The van der Waals surface area contributed by atoms with Gasteiger partial charge in [-0.1, -0.05) is 36.4 Å². The summed E-state index contributed by atoms with van der Waals surface area (Å²) in [7, 11) is -3.89. The molecule has 28 heavy (non-hydrogen) atoms. The van der Waals surface area contributed by atoms with E-state index in [2.05, 4.69) is 0 Å². The number of sulfone groups is 1. The molecule has 0 saturated heterocycles. The van der Waals surface area contributed by atoms with Gasteiger partial charge >= 0.3 is 5.97 Å². The van der Waals surface area contributed by atoms with Crippen LogP contribution in [-0.2, 0) is 20.4 Å². The number of carboxylic acids is 1. The average Bonchev–Trinajstić information content (AvgIpc) is 2.65. The number of carboxylic acid groups (broad SMARTS) is 1. The molecule has 0 fully saturated rings. The van der Waals surface area contributed by atoms with Crippen LogP contribution in [0.5, 0.6) is 0 Å². The van der Waals surface area contributed by atoms with E-state index in [0.717, 1.165) is 11.5 Å². The fraction of sp³-hybridized carbons (Fsp3) is 0.0500. The molecule has 0 saturated carbocycles. The molecule has 3 aromatic rings. The van der Waals surface area contributed by atoms with Gasteiger partial charge in [-0.25, -0.2) is 13.2 Å². The van der Waals surface area contributed by atoms with Crippen LogP contribution in [0.3, 0.4) is 0 Å². The molecule has 8 heteroatoms. The highest BCUT2D eigenvalue weighted by Crippen LogP contribution is 2.29. The second-order valence-corrected chi connectivity index (χ2v) is 8.01. The van der Waals surface area contributed by atoms with Crippen molar-refractivity contribution in [2.75, 3.05) is 0 Å². The van der Waals surface area contributed by atoms with Crippen LogP contribution in [0.1, 0.15) is 11.1 Å². The van der Waals surface area contributed by atoms with Gasteiger partial charge < -0.3 is 5.11 Å². The molecule has 1 N–H and O–H groups in total. The number of aliphatic carboxylic acids is 1. The zero-order valence-corrected chi connectivity index (χ0v) is 15.3. The van der Waals surface area contributed by atoms with Gasteiger partial charge in [-0.05, 0) is 35.2 Å². The minimum atomic E-state index is -3.89. The lowest BCUT2D eigenvalue weighted by atomic mass is 10.1.